The van der Waals surface area contributed by atoms with Crippen LogP contribution in [0.2, 0.25) is 0 Å². The van der Waals surface area contributed by atoms with Gasteiger partial charge < -0.3 is 10.2 Å². The summed E-state index contributed by atoms with van der Waals surface area (Å²) in [7, 11) is 2.03. The zero-order valence-corrected chi connectivity index (χ0v) is 11.3. The van der Waals surface area contributed by atoms with E-state index in [1.54, 1.807) is 18.2 Å². The summed E-state index contributed by atoms with van der Waals surface area (Å²) in [6, 6.07) is 4.99. The summed E-state index contributed by atoms with van der Waals surface area (Å²) in [5.41, 5.74) is 2.10. The minimum absolute atomic E-state index is 0.150. The van der Waals surface area contributed by atoms with Gasteiger partial charge in [0.2, 0.25) is 0 Å². The van der Waals surface area contributed by atoms with Gasteiger partial charge in [0.05, 0.1) is 4.92 Å². The Morgan fingerprint density at radius 1 is 1.39 bits per heavy atom. The molecule has 0 aliphatic carbocycles. The molecule has 1 aromatic rings. The van der Waals surface area contributed by atoms with Crippen molar-refractivity contribution in [2.24, 2.45) is 0 Å². The Morgan fingerprint density at radius 3 is 2.67 bits per heavy atom. The van der Waals surface area contributed by atoms with Gasteiger partial charge in [0.25, 0.3) is 5.69 Å². The summed E-state index contributed by atoms with van der Waals surface area (Å²) in [6.07, 6.45) is 1.07. The molecule has 5 nitrogen and oxygen atoms in total. The van der Waals surface area contributed by atoms with Gasteiger partial charge in [0.15, 0.2) is 0 Å². The van der Waals surface area contributed by atoms with Crippen LogP contribution in [0, 0.1) is 10.1 Å². The molecule has 5 heteroatoms. The van der Waals surface area contributed by atoms with E-state index in [1.807, 2.05) is 14.0 Å². The molecular weight excluding hydrogens is 230 g/mol. The number of nitrogens with zero attached hydrogens (tertiary/aromatic N) is 2. The summed E-state index contributed by atoms with van der Waals surface area (Å²) in [5.74, 6) is 0. The Kier molecular flexibility index (Phi) is 5.58. The predicted octanol–water partition coefficient (Wildman–Crippen LogP) is 2.87. The van der Waals surface area contributed by atoms with Crippen LogP contribution in [-0.4, -0.2) is 30.0 Å². The molecule has 0 aromatic heterocycles. The number of non-ortho nitro benzene ring substituents is 1. The zero-order valence-electron chi connectivity index (χ0n) is 11.3. The van der Waals surface area contributed by atoms with Gasteiger partial charge in [-0.05, 0) is 38.6 Å². The van der Waals surface area contributed by atoms with Crippen LogP contribution in [-0.2, 0) is 6.54 Å². The Morgan fingerprint density at radius 2 is 2.11 bits per heavy atom. The van der Waals surface area contributed by atoms with E-state index < -0.39 is 0 Å². The molecule has 0 amide bonds. The van der Waals surface area contributed by atoms with Gasteiger partial charge >= 0.3 is 0 Å². The largest absolute Gasteiger partial charge is 0.385 e. The average molecular weight is 251 g/mol. The highest BCUT2D eigenvalue weighted by Crippen LogP contribution is 2.23. The van der Waals surface area contributed by atoms with Crippen LogP contribution in [0.1, 0.15) is 25.8 Å². The fourth-order valence-electron chi connectivity index (χ4n) is 1.94. The second-order valence-electron chi connectivity index (χ2n) is 4.37. The minimum atomic E-state index is -0.348. The second-order valence-corrected chi connectivity index (χ2v) is 4.37. The van der Waals surface area contributed by atoms with Crippen molar-refractivity contribution in [1.29, 1.82) is 0 Å². The Hall–Kier alpha value is -1.62. The smallest absolute Gasteiger partial charge is 0.269 e. The molecule has 0 radical (unpaired) electrons. The van der Waals surface area contributed by atoms with Gasteiger partial charge in [-0.15, -0.1) is 0 Å². The van der Waals surface area contributed by atoms with Gasteiger partial charge in [-0.3, -0.25) is 10.1 Å². The quantitative estimate of drug-likeness (QED) is 0.598. The van der Waals surface area contributed by atoms with Crippen molar-refractivity contribution in [3.8, 4) is 0 Å². The maximum Gasteiger partial charge on any atom is 0.269 e. The van der Waals surface area contributed by atoms with Crippen LogP contribution in [0.3, 0.4) is 0 Å². The number of nitro groups is 1. The third-order valence-electron chi connectivity index (χ3n) is 2.71. The normalized spacial score (nSPS) is 10.7. The molecular formula is C13H21N3O2. The van der Waals surface area contributed by atoms with Gasteiger partial charge in [0, 0.05) is 30.9 Å². The minimum Gasteiger partial charge on any atom is -0.385 e. The molecule has 0 saturated heterocycles. The van der Waals surface area contributed by atoms with E-state index in [4.69, 9.17) is 0 Å². The molecule has 0 unspecified atom stereocenters. The van der Waals surface area contributed by atoms with E-state index >= 15 is 0 Å². The van der Waals surface area contributed by atoms with E-state index in [2.05, 4.69) is 17.1 Å². The van der Waals surface area contributed by atoms with E-state index in [0.29, 0.717) is 0 Å². The van der Waals surface area contributed by atoms with Gasteiger partial charge in [-0.2, -0.15) is 0 Å². The standard InChI is InChI=1S/C13H21N3O2/c1-4-8-15(3)10-11-9-12(16(17)18)6-7-13(11)14-5-2/h6-7,9,14H,4-5,8,10H2,1-3H3. The lowest BCUT2D eigenvalue weighted by Gasteiger charge is -2.18. The monoisotopic (exact) mass is 251 g/mol. The topological polar surface area (TPSA) is 58.4 Å². The van der Waals surface area contributed by atoms with Crippen molar-refractivity contribution < 1.29 is 4.92 Å². The highest BCUT2D eigenvalue weighted by molar-refractivity contribution is 5.56. The number of rotatable bonds is 7. The molecule has 0 fully saturated rings. The first-order chi connectivity index (χ1) is 8.58. The SMILES string of the molecule is CCCN(C)Cc1cc([N+](=O)[O-])ccc1NCC. The molecule has 0 atom stereocenters. The Bertz CT molecular complexity index is 407. The van der Waals surface area contributed by atoms with Crippen molar-refractivity contribution in [2.45, 2.75) is 26.8 Å². The molecule has 0 heterocycles. The molecule has 1 rings (SSSR count). The number of hydrogen-bond acceptors (Lipinski definition) is 4. The van der Waals surface area contributed by atoms with E-state index in [1.165, 1.54) is 0 Å². The van der Waals surface area contributed by atoms with Crippen LogP contribution in [0.25, 0.3) is 0 Å². The summed E-state index contributed by atoms with van der Waals surface area (Å²) in [5, 5.41) is 14.0. The van der Waals surface area contributed by atoms with Crippen LogP contribution in [0.15, 0.2) is 18.2 Å². The van der Waals surface area contributed by atoms with Gasteiger partial charge in [-0.25, -0.2) is 0 Å². The molecule has 1 aromatic carbocycles. The molecule has 0 aliphatic rings. The first-order valence-corrected chi connectivity index (χ1v) is 6.28. The van der Waals surface area contributed by atoms with Crippen molar-refractivity contribution >= 4 is 11.4 Å². The van der Waals surface area contributed by atoms with Gasteiger partial charge in [-0.1, -0.05) is 6.92 Å². The van der Waals surface area contributed by atoms with Crippen molar-refractivity contribution in [3.63, 3.8) is 0 Å². The third-order valence-corrected chi connectivity index (χ3v) is 2.71. The first kappa shape index (κ1) is 14.4. The van der Waals surface area contributed by atoms with Gasteiger partial charge in [0.1, 0.15) is 0 Å². The third kappa shape index (κ3) is 4.00. The predicted molar refractivity (Wildman–Crippen MR) is 73.9 cm³/mol. The van der Waals surface area contributed by atoms with Crippen LogP contribution < -0.4 is 5.32 Å². The zero-order chi connectivity index (χ0) is 13.5. The lowest BCUT2D eigenvalue weighted by atomic mass is 10.1. The summed E-state index contributed by atoms with van der Waals surface area (Å²) >= 11 is 0. The first-order valence-electron chi connectivity index (χ1n) is 6.28. The number of nitro benzene ring substituents is 1. The maximum absolute atomic E-state index is 10.8. The second kappa shape index (κ2) is 6.96. The number of benzene rings is 1. The molecule has 0 bridgehead atoms. The van der Waals surface area contributed by atoms with Crippen LogP contribution >= 0.6 is 0 Å². The van der Waals surface area contributed by atoms with E-state index in [9.17, 15) is 10.1 Å². The fourth-order valence-corrected chi connectivity index (χ4v) is 1.94. The molecule has 0 saturated carbocycles. The lowest BCUT2D eigenvalue weighted by molar-refractivity contribution is -0.384. The summed E-state index contributed by atoms with van der Waals surface area (Å²) < 4.78 is 0. The number of anilines is 1. The Balaban J connectivity index is 2.95. The molecule has 18 heavy (non-hydrogen) atoms. The van der Waals surface area contributed by atoms with Crippen molar-refractivity contribution in [2.75, 3.05) is 25.5 Å². The molecule has 0 aliphatic heterocycles. The van der Waals surface area contributed by atoms with E-state index in [0.717, 1.165) is 37.3 Å². The summed E-state index contributed by atoms with van der Waals surface area (Å²) in [4.78, 5) is 12.6. The Labute approximate surface area is 108 Å². The molecule has 100 valence electrons. The van der Waals surface area contributed by atoms with Crippen LogP contribution in [0.4, 0.5) is 11.4 Å². The fraction of sp³-hybridized carbons (Fsp3) is 0.538. The molecule has 1 N–H and O–H groups in total. The average Bonchev–Trinajstić information content (AvgIpc) is 2.31. The van der Waals surface area contributed by atoms with Crippen molar-refractivity contribution in [3.05, 3.63) is 33.9 Å². The number of hydrogen-bond donors (Lipinski definition) is 1. The molecule has 0 spiro atoms. The van der Waals surface area contributed by atoms with Crippen LogP contribution in [0.5, 0.6) is 0 Å². The lowest BCUT2D eigenvalue weighted by Crippen LogP contribution is -2.19. The van der Waals surface area contributed by atoms with E-state index in [-0.39, 0.29) is 10.6 Å². The highest BCUT2D eigenvalue weighted by Gasteiger charge is 2.11. The highest BCUT2D eigenvalue weighted by atomic mass is 16.6. The maximum atomic E-state index is 10.8. The number of nitrogens with one attached hydrogen (secondary N) is 1. The van der Waals surface area contributed by atoms with Crippen molar-refractivity contribution in [1.82, 2.24) is 4.90 Å². The summed E-state index contributed by atoms with van der Waals surface area (Å²) in [6.45, 7) is 6.64.